The van der Waals surface area contributed by atoms with E-state index >= 15 is 0 Å². The first-order chi connectivity index (χ1) is 7.11. The number of esters is 1. The van der Waals surface area contributed by atoms with Gasteiger partial charge in [-0.2, -0.15) is 5.26 Å². The van der Waals surface area contributed by atoms with Crippen LogP contribution < -0.4 is 0 Å². The number of carbonyl (C=O) groups excluding carboxylic acids is 1. The van der Waals surface area contributed by atoms with E-state index in [-0.39, 0.29) is 10.6 Å². The number of nitriles is 1. The van der Waals surface area contributed by atoms with E-state index in [1.165, 1.54) is 12.1 Å². The van der Waals surface area contributed by atoms with Crippen molar-refractivity contribution in [2.24, 2.45) is 0 Å². The summed E-state index contributed by atoms with van der Waals surface area (Å²) < 4.78 is 17.7. The highest BCUT2D eigenvalue weighted by Crippen LogP contribution is 2.27. The summed E-state index contributed by atoms with van der Waals surface area (Å²) in [6.45, 7) is 0. The summed E-state index contributed by atoms with van der Waals surface area (Å²) in [5, 5.41) is 8.79. The average molecular weight is 228 g/mol. The smallest absolute Gasteiger partial charge is 0.327 e. The Morgan fingerprint density at radius 3 is 2.80 bits per heavy atom. The van der Waals surface area contributed by atoms with Crippen molar-refractivity contribution in [1.29, 1.82) is 5.26 Å². The maximum atomic E-state index is 13.3. The van der Waals surface area contributed by atoms with Crippen LogP contribution in [0.4, 0.5) is 4.39 Å². The molecule has 1 unspecified atom stereocenters. The van der Waals surface area contributed by atoms with Crippen LogP contribution in [-0.4, -0.2) is 13.1 Å². The molecule has 1 atom stereocenters. The van der Waals surface area contributed by atoms with E-state index in [1.807, 2.05) is 0 Å². The summed E-state index contributed by atoms with van der Waals surface area (Å²) in [6, 6.07) is 5.59. The number of methoxy groups -OCH3 is 1. The molecule has 0 fully saturated rings. The number of benzene rings is 1. The van der Waals surface area contributed by atoms with Gasteiger partial charge < -0.3 is 4.74 Å². The van der Waals surface area contributed by atoms with Crippen molar-refractivity contribution in [3.05, 3.63) is 34.6 Å². The molecule has 0 aliphatic heterocycles. The van der Waals surface area contributed by atoms with Crippen molar-refractivity contribution in [3.8, 4) is 6.07 Å². The minimum atomic E-state index is -1.33. The molecule has 1 aromatic carbocycles. The zero-order valence-electron chi connectivity index (χ0n) is 7.83. The number of hydrogen-bond donors (Lipinski definition) is 0. The summed E-state index contributed by atoms with van der Waals surface area (Å²) in [4.78, 5) is 11.2. The lowest BCUT2D eigenvalue weighted by molar-refractivity contribution is -0.141. The lowest BCUT2D eigenvalue weighted by Crippen LogP contribution is -2.14. The monoisotopic (exact) mass is 227 g/mol. The second-order valence-corrected chi connectivity index (χ2v) is 3.13. The largest absolute Gasteiger partial charge is 0.468 e. The fourth-order valence-corrected chi connectivity index (χ4v) is 1.41. The van der Waals surface area contributed by atoms with Crippen molar-refractivity contribution >= 4 is 17.6 Å². The number of rotatable bonds is 2. The Morgan fingerprint density at radius 2 is 2.33 bits per heavy atom. The topological polar surface area (TPSA) is 50.1 Å². The first-order valence-corrected chi connectivity index (χ1v) is 4.41. The van der Waals surface area contributed by atoms with E-state index in [0.29, 0.717) is 0 Å². The van der Waals surface area contributed by atoms with Gasteiger partial charge in [-0.05, 0) is 12.1 Å². The fourth-order valence-electron chi connectivity index (χ4n) is 1.14. The SMILES string of the molecule is COC(=O)C(C#N)c1c(F)cccc1Cl. The van der Waals surface area contributed by atoms with Crippen LogP contribution in [0.2, 0.25) is 5.02 Å². The first kappa shape index (κ1) is 11.5. The van der Waals surface area contributed by atoms with Crippen LogP contribution in [0.15, 0.2) is 18.2 Å². The molecular formula is C10H7ClFNO2. The highest BCUT2D eigenvalue weighted by molar-refractivity contribution is 6.31. The van der Waals surface area contributed by atoms with Crippen molar-refractivity contribution in [2.75, 3.05) is 7.11 Å². The molecule has 0 saturated heterocycles. The van der Waals surface area contributed by atoms with Crippen LogP contribution in [0.1, 0.15) is 11.5 Å². The summed E-state index contributed by atoms with van der Waals surface area (Å²) in [5.74, 6) is -2.85. The van der Waals surface area contributed by atoms with Gasteiger partial charge in [0.2, 0.25) is 0 Å². The van der Waals surface area contributed by atoms with Crippen molar-refractivity contribution in [1.82, 2.24) is 0 Å². The van der Waals surface area contributed by atoms with E-state index in [4.69, 9.17) is 16.9 Å². The van der Waals surface area contributed by atoms with Gasteiger partial charge in [-0.1, -0.05) is 17.7 Å². The van der Waals surface area contributed by atoms with E-state index in [0.717, 1.165) is 13.2 Å². The van der Waals surface area contributed by atoms with Gasteiger partial charge >= 0.3 is 5.97 Å². The molecular weight excluding hydrogens is 221 g/mol. The molecule has 0 saturated carbocycles. The standard InChI is InChI=1S/C10H7ClFNO2/c1-15-10(14)6(5-13)9-7(11)3-2-4-8(9)12/h2-4,6H,1H3. The predicted molar refractivity (Wildman–Crippen MR) is 51.8 cm³/mol. The normalized spacial score (nSPS) is 11.6. The predicted octanol–water partition coefficient (Wildman–Crippen LogP) is 2.26. The van der Waals surface area contributed by atoms with Gasteiger partial charge in [-0.15, -0.1) is 0 Å². The highest BCUT2D eigenvalue weighted by Gasteiger charge is 2.26. The summed E-state index contributed by atoms with van der Waals surface area (Å²) in [5.41, 5.74) is -0.145. The molecule has 0 aliphatic rings. The van der Waals surface area contributed by atoms with Gasteiger partial charge in [0.1, 0.15) is 5.82 Å². The fraction of sp³-hybridized carbons (Fsp3) is 0.200. The van der Waals surface area contributed by atoms with Crippen LogP contribution in [0, 0.1) is 17.1 Å². The number of nitrogens with zero attached hydrogens (tertiary/aromatic N) is 1. The third-order valence-electron chi connectivity index (χ3n) is 1.85. The third-order valence-corrected chi connectivity index (χ3v) is 2.18. The maximum Gasteiger partial charge on any atom is 0.327 e. The number of ether oxygens (including phenoxy) is 1. The van der Waals surface area contributed by atoms with Gasteiger partial charge in [0.25, 0.3) is 0 Å². The Hall–Kier alpha value is -1.60. The molecule has 0 spiro atoms. The van der Waals surface area contributed by atoms with Crippen LogP contribution in [0.3, 0.4) is 0 Å². The molecule has 0 radical (unpaired) electrons. The zero-order valence-corrected chi connectivity index (χ0v) is 8.58. The second-order valence-electron chi connectivity index (χ2n) is 2.72. The molecule has 0 heterocycles. The third kappa shape index (κ3) is 2.25. The van der Waals surface area contributed by atoms with Crippen molar-refractivity contribution in [2.45, 2.75) is 5.92 Å². The van der Waals surface area contributed by atoms with Crippen LogP contribution in [0.5, 0.6) is 0 Å². The average Bonchev–Trinajstić information content (AvgIpc) is 2.22. The number of halogens is 2. The van der Waals surface area contributed by atoms with Crippen LogP contribution in [-0.2, 0) is 9.53 Å². The van der Waals surface area contributed by atoms with Gasteiger partial charge in [0.05, 0.1) is 13.2 Å². The van der Waals surface area contributed by atoms with Crippen molar-refractivity contribution in [3.63, 3.8) is 0 Å². The Bertz CT molecular complexity index is 408. The van der Waals surface area contributed by atoms with Gasteiger partial charge in [-0.3, -0.25) is 4.79 Å². The van der Waals surface area contributed by atoms with Crippen LogP contribution in [0.25, 0.3) is 0 Å². The molecule has 1 rings (SSSR count). The molecule has 0 aliphatic carbocycles. The zero-order chi connectivity index (χ0) is 11.4. The molecule has 1 aromatic rings. The minimum absolute atomic E-state index is 0.0342. The first-order valence-electron chi connectivity index (χ1n) is 4.03. The number of hydrogen-bond acceptors (Lipinski definition) is 3. The van der Waals surface area contributed by atoms with Crippen molar-refractivity contribution < 1.29 is 13.9 Å². The molecule has 15 heavy (non-hydrogen) atoms. The summed E-state index contributed by atoms with van der Waals surface area (Å²) in [6.07, 6.45) is 0. The molecule has 5 heteroatoms. The van der Waals surface area contributed by atoms with Gasteiger partial charge in [0.15, 0.2) is 5.92 Å². The molecule has 0 N–H and O–H groups in total. The maximum absolute atomic E-state index is 13.3. The summed E-state index contributed by atoms with van der Waals surface area (Å²) >= 11 is 5.71. The Kier molecular flexibility index (Phi) is 3.64. The highest BCUT2D eigenvalue weighted by atomic mass is 35.5. The summed E-state index contributed by atoms with van der Waals surface area (Å²) in [7, 11) is 1.13. The molecule has 0 amide bonds. The quantitative estimate of drug-likeness (QED) is 0.729. The molecule has 3 nitrogen and oxygen atoms in total. The van der Waals surface area contributed by atoms with E-state index in [9.17, 15) is 9.18 Å². The Morgan fingerprint density at radius 1 is 1.67 bits per heavy atom. The van der Waals surface area contributed by atoms with E-state index < -0.39 is 17.7 Å². The lowest BCUT2D eigenvalue weighted by Gasteiger charge is -2.09. The lowest BCUT2D eigenvalue weighted by atomic mass is 10.0. The molecule has 0 aromatic heterocycles. The second kappa shape index (κ2) is 4.76. The molecule has 0 bridgehead atoms. The Balaban J connectivity index is 3.25. The van der Waals surface area contributed by atoms with Gasteiger partial charge in [0, 0.05) is 10.6 Å². The van der Waals surface area contributed by atoms with E-state index in [1.54, 1.807) is 6.07 Å². The number of carbonyl (C=O) groups is 1. The molecule has 78 valence electrons. The van der Waals surface area contributed by atoms with E-state index in [2.05, 4.69) is 4.74 Å². The minimum Gasteiger partial charge on any atom is -0.468 e. The Labute approximate surface area is 91.0 Å². The van der Waals surface area contributed by atoms with Gasteiger partial charge in [-0.25, -0.2) is 4.39 Å². The van der Waals surface area contributed by atoms with Crippen LogP contribution >= 0.6 is 11.6 Å².